The van der Waals surface area contributed by atoms with Crippen molar-refractivity contribution in [3.8, 4) is 0 Å². The summed E-state index contributed by atoms with van der Waals surface area (Å²) in [6, 6.07) is 25.7. The van der Waals surface area contributed by atoms with Gasteiger partial charge < -0.3 is 0 Å². The normalized spacial score (nSPS) is 9.39. The van der Waals surface area contributed by atoms with E-state index in [1.807, 2.05) is 0 Å². The average molecular weight is 400 g/mol. The zero-order chi connectivity index (χ0) is 15.9. The van der Waals surface area contributed by atoms with Crippen LogP contribution in [0.15, 0.2) is 72.8 Å². The van der Waals surface area contributed by atoms with Crippen LogP contribution in [-0.2, 0) is 26.2 Å². The van der Waals surface area contributed by atoms with E-state index in [1.165, 1.54) is 39.1 Å². The van der Waals surface area contributed by atoms with Crippen LogP contribution in [0.25, 0.3) is 21.5 Å². The van der Waals surface area contributed by atoms with Crippen molar-refractivity contribution in [1.29, 1.82) is 0 Å². The van der Waals surface area contributed by atoms with Crippen molar-refractivity contribution in [1.82, 2.24) is 0 Å². The van der Waals surface area contributed by atoms with E-state index in [0.717, 1.165) is 0 Å². The van der Waals surface area contributed by atoms with Gasteiger partial charge in [-0.05, 0) is 0 Å². The minimum atomic E-state index is 0. The second-order valence-corrected chi connectivity index (χ2v) is 5.32. The van der Waals surface area contributed by atoms with Crippen molar-refractivity contribution >= 4 is 33.1 Å². The minimum Gasteiger partial charge on any atom is -0.165 e. The van der Waals surface area contributed by atoms with Gasteiger partial charge in [0, 0.05) is 6.38 Å². The second kappa shape index (κ2) is 9.86. The van der Waals surface area contributed by atoms with Crippen LogP contribution in [0, 0.1) is 13.8 Å². The van der Waals surface area contributed by atoms with Crippen LogP contribution < -0.4 is 0 Å². The van der Waals surface area contributed by atoms with Crippen molar-refractivity contribution < 1.29 is 26.2 Å². The SMILES string of the molecule is CCl.Cc1cc2ccccc2[cH-]1.Cc1cc2ccccc2[cH-]1.[Zr+2]. The van der Waals surface area contributed by atoms with E-state index in [9.17, 15) is 0 Å². The Balaban J connectivity index is 0.000000200. The summed E-state index contributed by atoms with van der Waals surface area (Å²) in [5, 5.41) is 5.39. The van der Waals surface area contributed by atoms with Crippen molar-refractivity contribution in [2.24, 2.45) is 0 Å². The Morgan fingerprint density at radius 2 is 1.00 bits per heavy atom. The zero-order valence-electron chi connectivity index (χ0n) is 13.8. The molecule has 0 saturated heterocycles. The van der Waals surface area contributed by atoms with Gasteiger partial charge in [0.25, 0.3) is 0 Å². The molecule has 0 nitrogen and oxygen atoms in total. The van der Waals surface area contributed by atoms with E-state index in [2.05, 4.69) is 98.2 Å². The van der Waals surface area contributed by atoms with Crippen LogP contribution in [0.5, 0.6) is 0 Å². The fourth-order valence-corrected chi connectivity index (χ4v) is 2.61. The number of hydrogen-bond acceptors (Lipinski definition) is 0. The molecule has 0 heterocycles. The Hall–Kier alpha value is -1.17. The summed E-state index contributed by atoms with van der Waals surface area (Å²) in [7, 11) is 0. The number of fused-ring (bicyclic) bond motifs is 2. The van der Waals surface area contributed by atoms with Crippen molar-refractivity contribution in [2.75, 3.05) is 6.38 Å². The Morgan fingerprint density at radius 1 is 0.652 bits per heavy atom. The predicted octanol–water partition coefficient (Wildman–Crippen LogP) is 6.59. The van der Waals surface area contributed by atoms with Crippen LogP contribution in [0.1, 0.15) is 11.1 Å². The van der Waals surface area contributed by atoms with E-state index in [1.54, 1.807) is 0 Å². The van der Waals surface area contributed by atoms with Crippen LogP contribution >= 0.6 is 11.6 Å². The Bertz CT molecular complexity index is 701. The Labute approximate surface area is 162 Å². The van der Waals surface area contributed by atoms with E-state index < -0.39 is 0 Å². The molecular formula is C21H21ClZr. The van der Waals surface area contributed by atoms with E-state index >= 15 is 0 Å². The van der Waals surface area contributed by atoms with Gasteiger partial charge in [0.05, 0.1) is 0 Å². The van der Waals surface area contributed by atoms with Gasteiger partial charge in [0.1, 0.15) is 0 Å². The molecule has 0 aromatic heterocycles. The number of rotatable bonds is 0. The van der Waals surface area contributed by atoms with Gasteiger partial charge in [-0.3, -0.25) is 0 Å². The van der Waals surface area contributed by atoms with Gasteiger partial charge in [-0.1, -0.05) is 26.0 Å². The maximum atomic E-state index is 4.64. The van der Waals surface area contributed by atoms with Crippen molar-refractivity contribution in [2.45, 2.75) is 13.8 Å². The summed E-state index contributed by atoms with van der Waals surface area (Å²) >= 11 is 4.64. The first-order valence-corrected chi connectivity index (χ1v) is 8.10. The fourth-order valence-electron chi connectivity index (χ4n) is 2.61. The van der Waals surface area contributed by atoms with Crippen LogP contribution in [0.4, 0.5) is 0 Å². The van der Waals surface area contributed by atoms with Crippen LogP contribution in [0.3, 0.4) is 0 Å². The van der Waals surface area contributed by atoms with Crippen molar-refractivity contribution in [3.63, 3.8) is 0 Å². The molecule has 0 fully saturated rings. The number of aryl methyl sites for hydroxylation is 2. The molecule has 0 radical (unpaired) electrons. The molecule has 0 unspecified atom stereocenters. The molecule has 116 valence electrons. The molecule has 0 aliphatic rings. The van der Waals surface area contributed by atoms with Gasteiger partial charge in [0.15, 0.2) is 0 Å². The third kappa shape index (κ3) is 5.45. The molecule has 0 saturated carbocycles. The maximum Gasteiger partial charge on any atom is 2.00 e. The van der Waals surface area contributed by atoms with E-state index in [-0.39, 0.29) is 26.2 Å². The second-order valence-electron chi connectivity index (χ2n) is 5.32. The van der Waals surface area contributed by atoms with Gasteiger partial charge in [0.2, 0.25) is 0 Å². The summed E-state index contributed by atoms with van der Waals surface area (Å²) in [4.78, 5) is 0. The molecule has 0 spiro atoms. The first-order valence-electron chi connectivity index (χ1n) is 7.34. The minimum absolute atomic E-state index is 0. The number of alkyl halides is 1. The number of halogens is 1. The summed E-state index contributed by atoms with van der Waals surface area (Å²) in [5.74, 6) is 0. The first kappa shape index (κ1) is 19.9. The summed E-state index contributed by atoms with van der Waals surface area (Å²) in [6.45, 7) is 4.25. The van der Waals surface area contributed by atoms with Crippen LogP contribution in [0.2, 0.25) is 0 Å². The monoisotopic (exact) mass is 398 g/mol. The smallest absolute Gasteiger partial charge is 0.165 e. The molecular weight excluding hydrogens is 379 g/mol. The standard InChI is InChI=1S/2C10H9.CH3Cl.Zr/c2*1-8-6-9-4-2-3-5-10(9)7-8;1-2;/h2*2-7H,1H3;1H3;/q2*-1;;+2. The van der Waals surface area contributed by atoms with Gasteiger partial charge in [-0.25, -0.2) is 0 Å². The van der Waals surface area contributed by atoms with Gasteiger partial charge in [-0.15, -0.1) is 92.8 Å². The summed E-state index contributed by atoms with van der Waals surface area (Å²) in [6.07, 6.45) is 1.47. The predicted molar refractivity (Wildman–Crippen MR) is 100 cm³/mol. The first-order chi connectivity index (χ1) is 10.7. The topological polar surface area (TPSA) is 0 Å². The fraction of sp³-hybridized carbons (Fsp3) is 0.143. The van der Waals surface area contributed by atoms with E-state index in [4.69, 9.17) is 0 Å². The molecule has 0 atom stereocenters. The number of hydrogen-bond donors (Lipinski definition) is 0. The number of benzene rings is 2. The third-order valence-electron chi connectivity index (χ3n) is 3.52. The van der Waals surface area contributed by atoms with Gasteiger partial charge >= 0.3 is 26.2 Å². The molecule has 0 bridgehead atoms. The Kier molecular flexibility index (Phi) is 8.52. The molecule has 4 aromatic carbocycles. The quantitative estimate of drug-likeness (QED) is 0.231. The molecule has 0 amide bonds. The van der Waals surface area contributed by atoms with E-state index in [0.29, 0.717) is 0 Å². The molecule has 23 heavy (non-hydrogen) atoms. The third-order valence-corrected chi connectivity index (χ3v) is 3.52. The van der Waals surface area contributed by atoms with Crippen molar-refractivity contribution in [3.05, 3.63) is 83.9 Å². The summed E-state index contributed by atoms with van der Waals surface area (Å²) < 4.78 is 0. The molecule has 4 aromatic rings. The molecule has 4 rings (SSSR count). The van der Waals surface area contributed by atoms with Gasteiger partial charge in [-0.2, -0.15) is 12.1 Å². The molecule has 0 aliphatic heterocycles. The zero-order valence-corrected chi connectivity index (χ0v) is 17.0. The van der Waals surface area contributed by atoms with Crippen LogP contribution in [-0.4, -0.2) is 6.38 Å². The molecule has 0 N–H and O–H groups in total. The Morgan fingerprint density at radius 3 is 1.35 bits per heavy atom. The molecule has 2 heteroatoms. The largest absolute Gasteiger partial charge is 2.00 e. The maximum absolute atomic E-state index is 4.64. The summed E-state index contributed by atoms with van der Waals surface area (Å²) in [5.41, 5.74) is 2.70. The average Bonchev–Trinajstić information content (AvgIpc) is 3.10. The molecule has 0 aliphatic carbocycles.